The van der Waals surface area contributed by atoms with Crippen molar-refractivity contribution in [3.8, 4) is 0 Å². The summed E-state index contributed by atoms with van der Waals surface area (Å²) < 4.78 is 0. The summed E-state index contributed by atoms with van der Waals surface area (Å²) in [7, 11) is 1.96. The second-order valence-electron chi connectivity index (χ2n) is 5.29. The molecule has 0 saturated carbocycles. The van der Waals surface area contributed by atoms with E-state index in [-0.39, 0.29) is 6.04 Å². The standard InChI is InChI=1S/C18H19N3/c1-12-7-6-8-14(13(12)2)18(19-3)17-11-20-15-9-4-5-10-16(15)21-17/h4-11,18-19H,1-3H3. The molecule has 1 N–H and O–H groups in total. The van der Waals surface area contributed by atoms with Crippen molar-refractivity contribution in [3.05, 3.63) is 71.0 Å². The number of nitrogens with one attached hydrogen (secondary N) is 1. The fourth-order valence-electron chi connectivity index (χ4n) is 2.66. The van der Waals surface area contributed by atoms with Crippen molar-refractivity contribution < 1.29 is 0 Å². The molecule has 3 heteroatoms. The second-order valence-corrected chi connectivity index (χ2v) is 5.29. The zero-order chi connectivity index (χ0) is 14.8. The highest BCUT2D eigenvalue weighted by Crippen LogP contribution is 2.25. The molecule has 0 aliphatic carbocycles. The Morgan fingerprint density at radius 2 is 1.71 bits per heavy atom. The molecule has 106 valence electrons. The molecule has 0 aliphatic rings. The van der Waals surface area contributed by atoms with Crippen molar-refractivity contribution in [2.75, 3.05) is 7.05 Å². The molecule has 0 spiro atoms. The molecular weight excluding hydrogens is 258 g/mol. The normalized spacial score (nSPS) is 12.5. The van der Waals surface area contributed by atoms with E-state index in [1.807, 2.05) is 37.5 Å². The summed E-state index contributed by atoms with van der Waals surface area (Å²) >= 11 is 0. The van der Waals surface area contributed by atoms with Gasteiger partial charge in [0.15, 0.2) is 0 Å². The number of rotatable bonds is 3. The summed E-state index contributed by atoms with van der Waals surface area (Å²) in [5.74, 6) is 0. The molecule has 3 rings (SSSR count). The molecule has 1 atom stereocenters. The third kappa shape index (κ3) is 2.52. The van der Waals surface area contributed by atoms with Gasteiger partial charge in [0.05, 0.1) is 29.0 Å². The van der Waals surface area contributed by atoms with Gasteiger partial charge in [-0.3, -0.25) is 4.98 Å². The number of nitrogens with zero attached hydrogens (tertiary/aromatic N) is 2. The molecule has 1 unspecified atom stereocenters. The third-order valence-corrected chi connectivity index (χ3v) is 4.01. The van der Waals surface area contributed by atoms with Crippen molar-refractivity contribution in [2.45, 2.75) is 19.9 Å². The first kappa shape index (κ1) is 13.7. The highest BCUT2D eigenvalue weighted by atomic mass is 14.9. The molecule has 1 aromatic heterocycles. The molecule has 0 bridgehead atoms. The first-order chi connectivity index (χ1) is 10.2. The van der Waals surface area contributed by atoms with E-state index in [4.69, 9.17) is 4.98 Å². The highest BCUT2D eigenvalue weighted by molar-refractivity contribution is 5.73. The second kappa shape index (κ2) is 5.62. The average Bonchev–Trinajstić information content (AvgIpc) is 2.52. The van der Waals surface area contributed by atoms with E-state index in [0.717, 1.165) is 16.7 Å². The number of aromatic nitrogens is 2. The number of hydrogen-bond donors (Lipinski definition) is 1. The van der Waals surface area contributed by atoms with Crippen molar-refractivity contribution in [1.82, 2.24) is 15.3 Å². The molecule has 0 fully saturated rings. The summed E-state index contributed by atoms with van der Waals surface area (Å²) in [6, 6.07) is 14.4. The third-order valence-electron chi connectivity index (χ3n) is 4.01. The largest absolute Gasteiger partial charge is 0.308 e. The lowest BCUT2D eigenvalue weighted by Gasteiger charge is -2.19. The number of fused-ring (bicyclic) bond motifs is 1. The smallest absolute Gasteiger partial charge is 0.0890 e. The van der Waals surface area contributed by atoms with E-state index >= 15 is 0 Å². The van der Waals surface area contributed by atoms with Gasteiger partial charge >= 0.3 is 0 Å². The molecule has 21 heavy (non-hydrogen) atoms. The van der Waals surface area contributed by atoms with Crippen LogP contribution in [0.15, 0.2) is 48.7 Å². The van der Waals surface area contributed by atoms with E-state index < -0.39 is 0 Å². The predicted molar refractivity (Wildman–Crippen MR) is 86.4 cm³/mol. The summed E-state index contributed by atoms with van der Waals surface area (Å²) in [5.41, 5.74) is 6.65. The topological polar surface area (TPSA) is 37.8 Å². The van der Waals surface area contributed by atoms with E-state index in [1.165, 1.54) is 16.7 Å². The van der Waals surface area contributed by atoms with Gasteiger partial charge in [-0.2, -0.15) is 0 Å². The molecular formula is C18H19N3. The minimum Gasteiger partial charge on any atom is -0.308 e. The van der Waals surface area contributed by atoms with E-state index in [2.05, 4.69) is 42.3 Å². The van der Waals surface area contributed by atoms with Gasteiger partial charge in [0.2, 0.25) is 0 Å². The van der Waals surface area contributed by atoms with Crippen LogP contribution in [0, 0.1) is 13.8 Å². The number of hydrogen-bond acceptors (Lipinski definition) is 3. The summed E-state index contributed by atoms with van der Waals surface area (Å²) in [6.45, 7) is 4.29. The van der Waals surface area contributed by atoms with Crippen molar-refractivity contribution >= 4 is 11.0 Å². The Balaban J connectivity index is 2.11. The Morgan fingerprint density at radius 3 is 2.48 bits per heavy atom. The van der Waals surface area contributed by atoms with Crippen LogP contribution in [0.2, 0.25) is 0 Å². The number of benzene rings is 2. The van der Waals surface area contributed by atoms with Gasteiger partial charge < -0.3 is 5.32 Å². The number of aryl methyl sites for hydroxylation is 1. The Hall–Kier alpha value is -2.26. The zero-order valence-electron chi connectivity index (χ0n) is 12.6. The van der Waals surface area contributed by atoms with Gasteiger partial charge in [-0.25, -0.2) is 4.98 Å². The first-order valence-electron chi connectivity index (χ1n) is 7.16. The fraction of sp³-hybridized carbons (Fsp3) is 0.222. The van der Waals surface area contributed by atoms with E-state index in [1.54, 1.807) is 0 Å². The predicted octanol–water partition coefficient (Wildman–Crippen LogP) is 3.56. The molecule has 3 nitrogen and oxygen atoms in total. The van der Waals surface area contributed by atoms with Gasteiger partial charge in [-0.1, -0.05) is 30.3 Å². The maximum Gasteiger partial charge on any atom is 0.0890 e. The van der Waals surface area contributed by atoms with Gasteiger partial charge in [-0.15, -0.1) is 0 Å². The molecule has 0 amide bonds. The lowest BCUT2D eigenvalue weighted by Crippen LogP contribution is -2.20. The van der Waals surface area contributed by atoms with Crippen LogP contribution < -0.4 is 5.32 Å². The van der Waals surface area contributed by atoms with Crippen LogP contribution in [0.25, 0.3) is 11.0 Å². The Labute approximate surface area is 125 Å². The molecule has 1 heterocycles. The Kier molecular flexibility index (Phi) is 3.67. The lowest BCUT2D eigenvalue weighted by molar-refractivity contribution is 0.666. The average molecular weight is 277 g/mol. The van der Waals surface area contributed by atoms with Gasteiger partial charge in [0, 0.05) is 0 Å². The van der Waals surface area contributed by atoms with Crippen molar-refractivity contribution in [2.24, 2.45) is 0 Å². The zero-order valence-corrected chi connectivity index (χ0v) is 12.6. The number of para-hydroxylation sites is 2. The SMILES string of the molecule is CNC(c1cnc2ccccc2n1)c1cccc(C)c1C. The summed E-state index contributed by atoms with van der Waals surface area (Å²) in [6.07, 6.45) is 1.87. The summed E-state index contributed by atoms with van der Waals surface area (Å²) in [5, 5.41) is 3.36. The van der Waals surface area contributed by atoms with Gasteiger partial charge in [-0.05, 0) is 49.7 Å². The minimum atomic E-state index is 0.0574. The Morgan fingerprint density at radius 1 is 0.952 bits per heavy atom. The molecule has 2 aromatic carbocycles. The monoisotopic (exact) mass is 277 g/mol. The first-order valence-corrected chi connectivity index (χ1v) is 7.16. The van der Waals surface area contributed by atoms with E-state index in [9.17, 15) is 0 Å². The highest BCUT2D eigenvalue weighted by Gasteiger charge is 2.17. The van der Waals surface area contributed by atoms with Crippen LogP contribution in [0.3, 0.4) is 0 Å². The molecule has 0 radical (unpaired) electrons. The van der Waals surface area contributed by atoms with Crippen LogP contribution in [0.4, 0.5) is 0 Å². The fourth-order valence-corrected chi connectivity index (χ4v) is 2.66. The Bertz CT molecular complexity index is 780. The van der Waals surface area contributed by atoms with Gasteiger partial charge in [0.25, 0.3) is 0 Å². The van der Waals surface area contributed by atoms with Crippen LogP contribution in [-0.2, 0) is 0 Å². The van der Waals surface area contributed by atoms with Crippen LogP contribution in [0.5, 0.6) is 0 Å². The lowest BCUT2D eigenvalue weighted by atomic mass is 9.95. The van der Waals surface area contributed by atoms with Gasteiger partial charge in [0.1, 0.15) is 0 Å². The molecule has 0 aliphatic heterocycles. The van der Waals surface area contributed by atoms with Crippen LogP contribution >= 0.6 is 0 Å². The molecule has 3 aromatic rings. The van der Waals surface area contributed by atoms with E-state index in [0.29, 0.717) is 0 Å². The van der Waals surface area contributed by atoms with Crippen molar-refractivity contribution in [3.63, 3.8) is 0 Å². The maximum atomic E-state index is 4.77. The minimum absolute atomic E-state index is 0.0574. The van der Waals surface area contributed by atoms with Crippen LogP contribution in [0.1, 0.15) is 28.4 Å². The van der Waals surface area contributed by atoms with Crippen molar-refractivity contribution in [1.29, 1.82) is 0 Å². The molecule has 0 saturated heterocycles. The maximum absolute atomic E-state index is 4.77. The quantitative estimate of drug-likeness (QED) is 0.795. The summed E-state index contributed by atoms with van der Waals surface area (Å²) in [4.78, 5) is 9.29. The van der Waals surface area contributed by atoms with Crippen LogP contribution in [-0.4, -0.2) is 17.0 Å².